The average Bonchev–Trinajstić information content (AvgIpc) is 2.41. The van der Waals surface area contributed by atoms with Crippen LogP contribution in [0.1, 0.15) is 17.3 Å². The minimum Gasteiger partial charge on any atom is -0.497 e. The monoisotopic (exact) mass is 320 g/mol. The van der Waals surface area contributed by atoms with Gasteiger partial charge in [0.05, 0.1) is 11.6 Å². The van der Waals surface area contributed by atoms with Gasteiger partial charge in [0, 0.05) is 5.56 Å². The number of halogens is 1. The SMILES string of the molecule is COc1ccc(Oc2ccc(C(C)=O)cc2)c(Br)c1. The van der Waals surface area contributed by atoms with Gasteiger partial charge in [-0.1, -0.05) is 0 Å². The van der Waals surface area contributed by atoms with Crippen LogP contribution in [0.15, 0.2) is 46.9 Å². The molecule has 0 amide bonds. The quantitative estimate of drug-likeness (QED) is 0.780. The van der Waals surface area contributed by atoms with Gasteiger partial charge >= 0.3 is 0 Å². The minimum absolute atomic E-state index is 0.0391. The van der Waals surface area contributed by atoms with Crippen LogP contribution in [0, 0.1) is 0 Å². The molecule has 0 radical (unpaired) electrons. The van der Waals surface area contributed by atoms with Crippen LogP contribution in [0.3, 0.4) is 0 Å². The third-order valence-corrected chi connectivity index (χ3v) is 3.25. The van der Waals surface area contributed by atoms with Crippen molar-refractivity contribution in [1.29, 1.82) is 0 Å². The molecular formula is C15H13BrO3. The Balaban J connectivity index is 2.19. The number of hydrogen-bond donors (Lipinski definition) is 0. The number of benzene rings is 2. The molecule has 0 heterocycles. The van der Waals surface area contributed by atoms with E-state index in [4.69, 9.17) is 9.47 Å². The minimum atomic E-state index is 0.0391. The number of methoxy groups -OCH3 is 1. The molecule has 0 aromatic heterocycles. The lowest BCUT2D eigenvalue weighted by atomic mass is 10.1. The number of rotatable bonds is 4. The molecule has 0 saturated carbocycles. The number of ether oxygens (including phenoxy) is 2. The number of ketones is 1. The van der Waals surface area contributed by atoms with Crippen molar-refractivity contribution >= 4 is 21.7 Å². The van der Waals surface area contributed by atoms with Crippen LogP contribution in [0.25, 0.3) is 0 Å². The molecule has 0 aliphatic rings. The Labute approximate surface area is 120 Å². The number of hydrogen-bond acceptors (Lipinski definition) is 3. The van der Waals surface area contributed by atoms with Crippen molar-refractivity contribution in [1.82, 2.24) is 0 Å². The van der Waals surface area contributed by atoms with Gasteiger partial charge in [-0.2, -0.15) is 0 Å². The third kappa shape index (κ3) is 3.35. The van der Waals surface area contributed by atoms with E-state index in [1.807, 2.05) is 18.2 Å². The molecule has 2 aromatic carbocycles. The van der Waals surface area contributed by atoms with E-state index in [1.54, 1.807) is 31.4 Å². The molecule has 3 nitrogen and oxygen atoms in total. The average molecular weight is 321 g/mol. The first-order valence-electron chi connectivity index (χ1n) is 5.72. The lowest BCUT2D eigenvalue weighted by Gasteiger charge is -2.09. The second-order valence-corrected chi connectivity index (χ2v) is 4.83. The summed E-state index contributed by atoms with van der Waals surface area (Å²) >= 11 is 3.42. The van der Waals surface area contributed by atoms with E-state index in [1.165, 1.54) is 6.92 Å². The summed E-state index contributed by atoms with van der Waals surface area (Å²) in [7, 11) is 1.61. The van der Waals surface area contributed by atoms with E-state index >= 15 is 0 Å². The van der Waals surface area contributed by atoms with Crippen LogP contribution < -0.4 is 9.47 Å². The Bertz CT molecular complexity index is 591. The van der Waals surface area contributed by atoms with E-state index in [2.05, 4.69) is 15.9 Å². The van der Waals surface area contributed by atoms with E-state index in [-0.39, 0.29) is 5.78 Å². The molecule has 0 aliphatic heterocycles. The fourth-order valence-electron chi connectivity index (χ4n) is 1.58. The third-order valence-electron chi connectivity index (χ3n) is 2.63. The summed E-state index contributed by atoms with van der Waals surface area (Å²) in [6.07, 6.45) is 0. The number of carbonyl (C=O) groups is 1. The zero-order chi connectivity index (χ0) is 13.8. The maximum atomic E-state index is 11.2. The summed E-state index contributed by atoms with van der Waals surface area (Å²) in [5.74, 6) is 2.16. The van der Waals surface area contributed by atoms with Gasteiger partial charge in [0.2, 0.25) is 0 Å². The molecule has 0 spiro atoms. The van der Waals surface area contributed by atoms with Crippen molar-refractivity contribution < 1.29 is 14.3 Å². The van der Waals surface area contributed by atoms with Gasteiger partial charge in [0.15, 0.2) is 5.78 Å². The van der Waals surface area contributed by atoms with Crippen molar-refractivity contribution in [3.8, 4) is 17.2 Å². The second kappa shape index (κ2) is 5.89. The predicted octanol–water partition coefficient (Wildman–Crippen LogP) is 4.45. The summed E-state index contributed by atoms with van der Waals surface area (Å²) in [6, 6.07) is 12.5. The Morgan fingerprint density at radius 1 is 1.05 bits per heavy atom. The van der Waals surface area contributed by atoms with Crippen LogP contribution in [0.5, 0.6) is 17.2 Å². The van der Waals surface area contributed by atoms with Gasteiger partial charge in [0.25, 0.3) is 0 Å². The second-order valence-electron chi connectivity index (χ2n) is 3.98. The summed E-state index contributed by atoms with van der Waals surface area (Å²) in [6.45, 7) is 1.54. The Morgan fingerprint density at radius 3 is 2.21 bits per heavy atom. The van der Waals surface area contributed by atoms with Gasteiger partial charge in [-0.15, -0.1) is 0 Å². The fourth-order valence-corrected chi connectivity index (χ4v) is 2.01. The fraction of sp³-hybridized carbons (Fsp3) is 0.133. The molecule has 4 heteroatoms. The van der Waals surface area contributed by atoms with Gasteiger partial charge in [-0.3, -0.25) is 4.79 Å². The summed E-state index contributed by atoms with van der Waals surface area (Å²) in [4.78, 5) is 11.2. The smallest absolute Gasteiger partial charge is 0.159 e. The lowest BCUT2D eigenvalue weighted by Crippen LogP contribution is -1.92. The van der Waals surface area contributed by atoms with Gasteiger partial charge in [-0.25, -0.2) is 0 Å². The molecule has 2 aromatic rings. The first-order valence-corrected chi connectivity index (χ1v) is 6.52. The topological polar surface area (TPSA) is 35.5 Å². The van der Waals surface area contributed by atoms with Crippen molar-refractivity contribution in [3.05, 3.63) is 52.5 Å². The van der Waals surface area contributed by atoms with Gasteiger partial charge in [-0.05, 0) is 65.3 Å². The Hall–Kier alpha value is -1.81. The van der Waals surface area contributed by atoms with Crippen molar-refractivity contribution in [2.24, 2.45) is 0 Å². The van der Waals surface area contributed by atoms with Crippen LogP contribution in [0.2, 0.25) is 0 Å². The van der Waals surface area contributed by atoms with E-state index in [0.29, 0.717) is 17.1 Å². The van der Waals surface area contributed by atoms with Crippen LogP contribution in [-0.2, 0) is 0 Å². The van der Waals surface area contributed by atoms with Crippen molar-refractivity contribution in [2.45, 2.75) is 6.92 Å². The molecule has 0 bridgehead atoms. The Morgan fingerprint density at radius 2 is 1.68 bits per heavy atom. The maximum Gasteiger partial charge on any atom is 0.159 e. The highest BCUT2D eigenvalue weighted by Gasteiger charge is 2.05. The van der Waals surface area contributed by atoms with E-state index in [9.17, 15) is 4.79 Å². The summed E-state index contributed by atoms with van der Waals surface area (Å²) in [5, 5.41) is 0. The molecule has 0 atom stereocenters. The standard InChI is InChI=1S/C15H13BrO3/c1-10(17)11-3-5-12(6-4-11)19-15-8-7-13(18-2)9-14(15)16/h3-9H,1-2H3. The molecule has 98 valence electrons. The normalized spacial score (nSPS) is 10.1. The van der Waals surface area contributed by atoms with Crippen molar-refractivity contribution in [3.63, 3.8) is 0 Å². The highest BCUT2D eigenvalue weighted by molar-refractivity contribution is 9.10. The van der Waals surface area contributed by atoms with E-state index in [0.717, 1.165) is 10.2 Å². The zero-order valence-corrected chi connectivity index (χ0v) is 12.2. The molecular weight excluding hydrogens is 308 g/mol. The lowest BCUT2D eigenvalue weighted by molar-refractivity contribution is 0.101. The Kier molecular flexibility index (Phi) is 4.22. The van der Waals surface area contributed by atoms with Crippen LogP contribution in [0.4, 0.5) is 0 Å². The molecule has 2 rings (SSSR count). The first kappa shape index (κ1) is 13.6. The summed E-state index contributed by atoms with van der Waals surface area (Å²) < 4.78 is 11.7. The predicted molar refractivity (Wildman–Crippen MR) is 77.2 cm³/mol. The number of Topliss-reactive ketones (excluding diaryl/α,β-unsaturated/α-hetero) is 1. The van der Waals surface area contributed by atoms with E-state index < -0.39 is 0 Å². The zero-order valence-electron chi connectivity index (χ0n) is 10.6. The van der Waals surface area contributed by atoms with Crippen LogP contribution >= 0.6 is 15.9 Å². The van der Waals surface area contributed by atoms with Gasteiger partial charge in [0.1, 0.15) is 17.2 Å². The summed E-state index contributed by atoms with van der Waals surface area (Å²) in [5.41, 5.74) is 0.668. The maximum absolute atomic E-state index is 11.2. The molecule has 0 unspecified atom stereocenters. The molecule has 0 N–H and O–H groups in total. The molecule has 0 saturated heterocycles. The first-order chi connectivity index (χ1) is 9.10. The van der Waals surface area contributed by atoms with Crippen LogP contribution in [-0.4, -0.2) is 12.9 Å². The molecule has 19 heavy (non-hydrogen) atoms. The molecule has 0 aliphatic carbocycles. The van der Waals surface area contributed by atoms with Gasteiger partial charge < -0.3 is 9.47 Å². The highest BCUT2D eigenvalue weighted by atomic mass is 79.9. The molecule has 0 fully saturated rings. The largest absolute Gasteiger partial charge is 0.497 e. The van der Waals surface area contributed by atoms with Crippen molar-refractivity contribution in [2.75, 3.05) is 7.11 Å². The highest BCUT2D eigenvalue weighted by Crippen LogP contribution is 2.32. The number of carbonyl (C=O) groups excluding carboxylic acids is 1.